The lowest BCUT2D eigenvalue weighted by atomic mass is 10.2. The van der Waals surface area contributed by atoms with Gasteiger partial charge in [-0.1, -0.05) is 0 Å². The van der Waals surface area contributed by atoms with E-state index in [0.29, 0.717) is 19.1 Å². The number of aromatic nitrogens is 1. The summed E-state index contributed by atoms with van der Waals surface area (Å²) in [5.74, 6) is -0.625. The van der Waals surface area contributed by atoms with Gasteiger partial charge >= 0.3 is 0 Å². The molecular formula is C13H20N4O3S. The molecule has 0 aliphatic carbocycles. The molecule has 0 spiro atoms. The Labute approximate surface area is 124 Å². The molecule has 3 rings (SSSR count). The average Bonchev–Trinajstić information content (AvgIpc) is 3.03. The second-order valence-electron chi connectivity index (χ2n) is 5.73. The van der Waals surface area contributed by atoms with Crippen molar-refractivity contribution >= 4 is 15.9 Å². The normalized spacial score (nSPS) is 24.1. The van der Waals surface area contributed by atoms with Crippen molar-refractivity contribution < 1.29 is 13.2 Å². The highest BCUT2D eigenvalue weighted by atomic mass is 32.2. The van der Waals surface area contributed by atoms with Gasteiger partial charge in [0.2, 0.25) is 10.0 Å². The van der Waals surface area contributed by atoms with E-state index < -0.39 is 15.9 Å². The van der Waals surface area contributed by atoms with Gasteiger partial charge in [-0.15, -0.1) is 0 Å². The highest BCUT2D eigenvalue weighted by molar-refractivity contribution is 7.89. The number of nitrogens with zero attached hydrogens (tertiary/aromatic N) is 3. The predicted octanol–water partition coefficient (Wildman–Crippen LogP) is -0.407. The van der Waals surface area contributed by atoms with Gasteiger partial charge < -0.3 is 10.3 Å². The van der Waals surface area contributed by atoms with E-state index in [1.165, 1.54) is 21.1 Å². The van der Waals surface area contributed by atoms with Gasteiger partial charge in [0, 0.05) is 38.9 Å². The number of carbonyl (C=O) groups excluding carboxylic acids is 1. The second-order valence-corrected chi connectivity index (χ2v) is 7.67. The molecule has 0 saturated carbocycles. The topological polar surface area (TPSA) is 88.6 Å². The molecule has 1 aromatic rings. The van der Waals surface area contributed by atoms with Crippen LogP contribution in [-0.2, 0) is 17.1 Å². The van der Waals surface area contributed by atoms with E-state index in [2.05, 4.69) is 4.90 Å². The van der Waals surface area contributed by atoms with E-state index in [9.17, 15) is 13.2 Å². The second kappa shape index (κ2) is 5.11. The maximum absolute atomic E-state index is 12.7. The highest BCUT2D eigenvalue weighted by Crippen LogP contribution is 2.26. The lowest BCUT2D eigenvalue weighted by Gasteiger charge is -2.36. The number of hydrogen-bond donors (Lipinski definition) is 1. The van der Waals surface area contributed by atoms with E-state index in [-0.39, 0.29) is 10.6 Å². The zero-order valence-corrected chi connectivity index (χ0v) is 12.8. The van der Waals surface area contributed by atoms with Crippen molar-refractivity contribution in [1.29, 1.82) is 0 Å². The lowest BCUT2D eigenvalue weighted by Crippen LogP contribution is -2.51. The molecule has 0 aromatic carbocycles. The third-order valence-corrected chi connectivity index (χ3v) is 6.25. The van der Waals surface area contributed by atoms with Crippen LogP contribution in [0.1, 0.15) is 23.3 Å². The molecule has 1 atom stereocenters. The number of nitrogens with two attached hydrogens (primary N) is 1. The van der Waals surface area contributed by atoms with Crippen LogP contribution in [0.25, 0.3) is 0 Å². The molecule has 0 unspecified atom stereocenters. The van der Waals surface area contributed by atoms with Gasteiger partial charge in [-0.3, -0.25) is 9.69 Å². The van der Waals surface area contributed by atoms with Crippen LogP contribution in [0, 0.1) is 0 Å². The first-order valence-corrected chi connectivity index (χ1v) is 8.54. The maximum atomic E-state index is 12.7. The Morgan fingerprint density at radius 2 is 2.10 bits per heavy atom. The first-order chi connectivity index (χ1) is 9.89. The van der Waals surface area contributed by atoms with E-state index in [1.807, 2.05) is 0 Å². The molecule has 0 bridgehead atoms. The Morgan fingerprint density at radius 3 is 2.76 bits per heavy atom. The molecule has 116 valence electrons. The number of rotatable bonds is 3. The summed E-state index contributed by atoms with van der Waals surface area (Å²) in [5.41, 5.74) is 5.45. The number of primary amides is 1. The van der Waals surface area contributed by atoms with Crippen molar-refractivity contribution in [2.75, 3.05) is 26.2 Å². The maximum Gasteiger partial charge on any atom is 0.265 e. The number of carbonyl (C=O) groups is 1. The first kappa shape index (κ1) is 14.6. The van der Waals surface area contributed by atoms with Crippen molar-refractivity contribution in [3.8, 4) is 0 Å². The fraction of sp³-hybridized carbons (Fsp3) is 0.615. The van der Waals surface area contributed by atoms with Gasteiger partial charge in [-0.25, -0.2) is 8.42 Å². The van der Waals surface area contributed by atoms with Gasteiger partial charge in [0.1, 0.15) is 10.6 Å². The number of hydrogen-bond acceptors (Lipinski definition) is 4. The molecule has 2 aliphatic rings. The van der Waals surface area contributed by atoms with Gasteiger partial charge in [0.15, 0.2) is 0 Å². The van der Waals surface area contributed by atoms with Crippen molar-refractivity contribution in [3.63, 3.8) is 0 Å². The van der Waals surface area contributed by atoms with Gasteiger partial charge in [0.05, 0.1) is 0 Å². The Bertz CT molecular complexity index is 667. The monoisotopic (exact) mass is 312 g/mol. The SMILES string of the molecule is Cn1cc(S(=O)(=O)N2CCN3CCC[C@@H]3C2)cc1C(N)=O. The van der Waals surface area contributed by atoms with Crippen LogP contribution >= 0.6 is 0 Å². The molecule has 3 heterocycles. The van der Waals surface area contributed by atoms with E-state index in [0.717, 1.165) is 25.9 Å². The zero-order valence-electron chi connectivity index (χ0n) is 12.0. The Kier molecular flexibility index (Phi) is 3.54. The summed E-state index contributed by atoms with van der Waals surface area (Å²) in [4.78, 5) is 13.8. The average molecular weight is 312 g/mol. The molecule has 0 radical (unpaired) electrons. The summed E-state index contributed by atoms with van der Waals surface area (Å²) in [6.45, 7) is 2.87. The highest BCUT2D eigenvalue weighted by Gasteiger charge is 2.36. The standard InChI is InChI=1S/C13H20N4O3S/c1-15-9-11(7-12(15)13(14)18)21(19,20)17-6-5-16-4-2-3-10(16)8-17/h7,9-10H,2-6,8H2,1H3,(H2,14,18)/t10-/m1/s1. The van der Waals surface area contributed by atoms with E-state index >= 15 is 0 Å². The Balaban J connectivity index is 1.86. The number of piperazine rings is 1. The largest absolute Gasteiger partial charge is 0.364 e. The summed E-state index contributed by atoms with van der Waals surface area (Å²) in [6, 6.07) is 1.69. The number of fused-ring (bicyclic) bond motifs is 1. The quantitative estimate of drug-likeness (QED) is 0.822. The molecule has 2 fully saturated rings. The molecule has 8 heteroatoms. The van der Waals surface area contributed by atoms with Crippen molar-refractivity contribution in [3.05, 3.63) is 18.0 Å². The summed E-state index contributed by atoms with van der Waals surface area (Å²) in [7, 11) is -1.94. The fourth-order valence-electron chi connectivity index (χ4n) is 3.25. The Hall–Kier alpha value is -1.38. The van der Waals surface area contributed by atoms with Gasteiger partial charge in [-0.2, -0.15) is 4.31 Å². The molecule has 21 heavy (non-hydrogen) atoms. The predicted molar refractivity (Wildman–Crippen MR) is 77.3 cm³/mol. The smallest absolute Gasteiger partial charge is 0.265 e. The third-order valence-electron chi connectivity index (χ3n) is 4.42. The van der Waals surface area contributed by atoms with Crippen LogP contribution in [0.5, 0.6) is 0 Å². The van der Waals surface area contributed by atoms with Crippen LogP contribution in [0.15, 0.2) is 17.2 Å². The summed E-state index contributed by atoms with van der Waals surface area (Å²) in [6.07, 6.45) is 3.64. The van der Waals surface area contributed by atoms with Crippen LogP contribution in [0.3, 0.4) is 0 Å². The molecule has 2 saturated heterocycles. The molecular weight excluding hydrogens is 292 g/mol. The summed E-state index contributed by atoms with van der Waals surface area (Å²) in [5, 5.41) is 0. The van der Waals surface area contributed by atoms with Crippen molar-refractivity contribution in [1.82, 2.24) is 13.8 Å². The molecule has 2 aliphatic heterocycles. The van der Waals surface area contributed by atoms with Crippen molar-refractivity contribution in [2.45, 2.75) is 23.8 Å². The Morgan fingerprint density at radius 1 is 1.33 bits per heavy atom. The van der Waals surface area contributed by atoms with Crippen molar-refractivity contribution in [2.24, 2.45) is 12.8 Å². The molecule has 1 aromatic heterocycles. The third kappa shape index (κ3) is 2.47. The van der Waals surface area contributed by atoms with Gasteiger partial charge in [0.25, 0.3) is 5.91 Å². The minimum Gasteiger partial charge on any atom is -0.364 e. The summed E-state index contributed by atoms with van der Waals surface area (Å²) < 4.78 is 28.4. The minimum atomic E-state index is -3.56. The number of amides is 1. The van der Waals surface area contributed by atoms with Crippen LogP contribution in [0.2, 0.25) is 0 Å². The van der Waals surface area contributed by atoms with Crippen LogP contribution in [-0.4, -0.2) is 60.3 Å². The molecule has 2 N–H and O–H groups in total. The number of aryl methyl sites for hydroxylation is 1. The minimum absolute atomic E-state index is 0.144. The molecule has 1 amide bonds. The van der Waals surface area contributed by atoms with Gasteiger partial charge in [-0.05, 0) is 25.5 Å². The first-order valence-electron chi connectivity index (χ1n) is 7.10. The van der Waals surface area contributed by atoms with Crippen LogP contribution in [0.4, 0.5) is 0 Å². The van der Waals surface area contributed by atoms with Crippen LogP contribution < -0.4 is 5.73 Å². The lowest BCUT2D eigenvalue weighted by molar-refractivity contribution is 0.0992. The molecule has 7 nitrogen and oxygen atoms in total. The van der Waals surface area contributed by atoms with E-state index in [4.69, 9.17) is 5.73 Å². The van der Waals surface area contributed by atoms with E-state index in [1.54, 1.807) is 7.05 Å². The zero-order chi connectivity index (χ0) is 15.2. The fourth-order valence-corrected chi connectivity index (χ4v) is 4.79. The summed E-state index contributed by atoms with van der Waals surface area (Å²) >= 11 is 0. The number of sulfonamides is 1.